The predicted molar refractivity (Wildman–Crippen MR) is 118 cm³/mol. The van der Waals surface area contributed by atoms with Crippen LogP contribution in [0.25, 0.3) is 17.4 Å². The van der Waals surface area contributed by atoms with Crippen molar-refractivity contribution < 1.29 is 9.21 Å². The van der Waals surface area contributed by atoms with E-state index in [0.29, 0.717) is 27.6 Å². The normalized spacial score (nSPS) is 17.8. The molecule has 3 heterocycles. The summed E-state index contributed by atoms with van der Waals surface area (Å²) in [7, 11) is 0. The largest absolute Gasteiger partial charge is 0.457 e. The molecule has 0 atom stereocenters. The zero-order valence-electron chi connectivity index (χ0n) is 16.0. The monoisotopic (exact) mass is 426 g/mol. The van der Waals surface area contributed by atoms with Crippen LogP contribution < -0.4 is 0 Å². The molecule has 0 unspecified atom stereocenters. The predicted octanol–water partition coefficient (Wildman–Crippen LogP) is 5.66. The molecule has 29 heavy (non-hydrogen) atoms. The molecule has 0 spiro atoms. The molecule has 1 aromatic heterocycles. The SMILES string of the molecule is CCC(CC)C1=NN2C(=N)C(=Cc3ccc(-c4ccccc4Cl)o3)C(=O)N=C2S1. The summed E-state index contributed by atoms with van der Waals surface area (Å²) >= 11 is 7.59. The smallest absolute Gasteiger partial charge is 0.283 e. The summed E-state index contributed by atoms with van der Waals surface area (Å²) in [5, 5.41) is 16.4. The lowest BCUT2D eigenvalue weighted by atomic mass is 10.1. The third kappa shape index (κ3) is 3.68. The lowest BCUT2D eigenvalue weighted by molar-refractivity contribution is -0.114. The van der Waals surface area contributed by atoms with Crippen LogP contribution >= 0.6 is 23.4 Å². The van der Waals surface area contributed by atoms with E-state index in [1.54, 1.807) is 18.2 Å². The van der Waals surface area contributed by atoms with Gasteiger partial charge in [0.1, 0.15) is 16.6 Å². The molecule has 1 amide bonds. The first-order valence-corrected chi connectivity index (χ1v) is 10.6. The maximum absolute atomic E-state index is 12.5. The molecule has 1 N–H and O–H groups in total. The number of carbonyl (C=O) groups is 1. The van der Waals surface area contributed by atoms with Crippen molar-refractivity contribution in [2.75, 3.05) is 0 Å². The number of nitrogens with one attached hydrogen (secondary N) is 1. The zero-order chi connectivity index (χ0) is 20.5. The average molecular weight is 427 g/mol. The van der Waals surface area contributed by atoms with Gasteiger partial charge in [0.25, 0.3) is 5.91 Å². The highest BCUT2D eigenvalue weighted by Gasteiger charge is 2.37. The number of thioether (sulfide) groups is 1. The zero-order valence-corrected chi connectivity index (χ0v) is 17.5. The van der Waals surface area contributed by atoms with Crippen LogP contribution in [0.2, 0.25) is 5.02 Å². The number of hydrogen-bond acceptors (Lipinski definition) is 5. The molecule has 2 aliphatic rings. The van der Waals surface area contributed by atoms with Gasteiger partial charge < -0.3 is 4.42 Å². The minimum absolute atomic E-state index is 0.00384. The van der Waals surface area contributed by atoms with Gasteiger partial charge in [-0.1, -0.05) is 37.6 Å². The average Bonchev–Trinajstić information content (AvgIpc) is 3.34. The molecule has 2 aromatic rings. The Kier molecular flexibility index (Phi) is 5.43. The van der Waals surface area contributed by atoms with Crippen LogP contribution in [0.15, 0.2) is 56.5 Å². The molecule has 8 heteroatoms. The molecule has 4 rings (SSSR count). The number of benzene rings is 1. The van der Waals surface area contributed by atoms with Crippen molar-refractivity contribution >= 4 is 51.4 Å². The summed E-state index contributed by atoms with van der Waals surface area (Å²) in [6.45, 7) is 4.21. The summed E-state index contributed by atoms with van der Waals surface area (Å²) in [5.74, 6) is 0.872. The van der Waals surface area contributed by atoms with Crippen molar-refractivity contribution in [1.29, 1.82) is 5.41 Å². The fourth-order valence-electron chi connectivity index (χ4n) is 3.19. The van der Waals surface area contributed by atoms with Crippen LogP contribution in [0.3, 0.4) is 0 Å². The molecular formula is C21H19ClN4O2S. The van der Waals surface area contributed by atoms with E-state index in [1.807, 2.05) is 18.2 Å². The van der Waals surface area contributed by atoms with E-state index in [2.05, 4.69) is 23.9 Å². The van der Waals surface area contributed by atoms with Crippen LogP contribution in [0.5, 0.6) is 0 Å². The second-order valence-corrected chi connectivity index (χ2v) is 8.05. The number of nitrogens with zero attached hydrogens (tertiary/aromatic N) is 3. The molecule has 0 fully saturated rings. The highest BCUT2D eigenvalue weighted by Crippen LogP contribution is 2.34. The number of carbonyl (C=O) groups excluding carboxylic acids is 1. The summed E-state index contributed by atoms with van der Waals surface area (Å²) in [5.41, 5.74) is 0.906. The van der Waals surface area contributed by atoms with Crippen LogP contribution in [0.4, 0.5) is 0 Å². The third-order valence-corrected chi connectivity index (χ3v) is 6.26. The number of furan rings is 1. The van der Waals surface area contributed by atoms with Crippen molar-refractivity contribution in [2.45, 2.75) is 26.7 Å². The van der Waals surface area contributed by atoms with Crippen LogP contribution in [-0.4, -0.2) is 27.0 Å². The summed E-state index contributed by atoms with van der Waals surface area (Å²) in [6, 6.07) is 10.9. The van der Waals surface area contributed by atoms with E-state index in [4.69, 9.17) is 21.4 Å². The Morgan fingerprint density at radius 1 is 1.24 bits per heavy atom. The van der Waals surface area contributed by atoms with Gasteiger partial charge in [-0.15, -0.1) is 0 Å². The Balaban J connectivity index is 1.64. The second kappa shape index (κ2) is 8.00. The van der Waals surface area contributed by atoms with Gasteiger partial charge in [-0.2, -0.15) is 15.1 Å². The molecule has 6 nitrogen and oxygen atoms in total. The Bertz CT molecular complexity index is 1080. The van der Waals surface area contributed by atoms with Crippen molar-refractivity contribution in [1.82, 2.24) is 5.01 Å². The van der Waals surface area contributed by atoms with E-state index < -0.39 is 5.91 Å². The third-order valence-electron chi connectivity index (χ3n) is 4.86. The number of aliphatic imine (C=N–C) groups is 1. The molecule has 0 saturated carbocycles. The number of halogens is 1. The first-order valence-electron chi connectivity index (χ1n) is 9.36. The van der Waals surface area contributed by atoms with Crippen LogP contribution in [0, 0.1) is 11.3 Å². The first kappa shape index (κ1) is 19.7. The van der Waals surface area contributed by atoms with E-state index >= 15 is 0 Å². The number of fused-ring (bicyclic) bond motifs is 1. The molecule has 0 bridgehead atoms. The summed E-state index contributed by atoms with van der Waals surface area (Å²) in [6.07, 6.45) is 3.43. The second-order valence-electron chi connectivity index (χ2n) is 6.65. The number of hydrazone groups is 1. The number of rotatable bonds is 5. The topological polar surface area (TPSA) is 82.0 Å². The Hall–Kier alpha value is -2.64. The first-order chi connectivity index (χ1) is 14.0. The van der Waals surface area contributed by atoms with Crippen LogP contribution in [-0.2, 0) is 4.79 Å². The lowest BCUT2D eigenvalue weighted by Crippen LogP contribution is -2.35. The quantitative estimate of drug-likeness (QED) is 0.625. The van der Waals surface area contributed by atoms with Gasteiger partial charge in [-0.3, -0.25) is 10.2 Å². The van der Waals surface area contributed by atoms with E-state index in [9.17, 15) is 4.79 Å². The molecule has 0 aliphatic carbocycles. The molecule has 2 aliphatic heterocycles. The minimum atomic E-state index is -0.467. The van der Waals surface area contributed by atoms with Crippen LogP contribution in [0.1, 0.15) is 32.4 Å². The Morgan fingerprint density at radius 3 is 2.72 bits per heavy atom. The fraction of sp³-hybridized carbons (Fsp3) is 0.238. The highest BCUT2D eigenvalue weighted by molar-refractivity contribution is 8.27. The molecule has 0 radical (unpaired) electrons. The number of hydrogen-bond donors (Lipinski definition) is 1. The number of amides is 1. The van der Waals surface area contributed by atoms with Gasteiger partial charge in [0.15, 0.2) is 5.84 Å². The maximum atomic E-state index is 12.5. The molecule has 1 aromatic carbocycles. The van der Waals surface area contributed by atoms with Crippen molar-refractivity contribution in [3.63, 3.8) is 0 Å². The number of amidine groups is 2. The minimum Gasteiger partial charge on any atom is -0.457 e. The van der Waals surface area contributed by atoms with Crippen molar-refractivity contribution in [3.05, 3.63) is 52.8 Å². The van der Waals surface area contributed by atoms with Crippen molar-refractivity contribution in [2.24, 2.45) is 16.0 Å². The summed E-state index contributed by atoms with van der Waals surface area (Å²) in [4.78, 5) is 16.7. The van der Waals surface area contributed by atoms with E-state index in [0.717, 1.165) is 23.4 Å². The van der Waals surface area contributed by atoms with Gasteiger partial charge in [0.05, 0.1) is 10.6 Å². The van der Waals surface area contributed by atoms with Crippen molar-refractivity contribution in [3.8, 4) is 11.3 Å². The van der Waals surface area contributed by atoms with Gasteiger partial charge in [-0.05, 0) is 54.9 Å². The Morgan fingerprint density at radius 2 is 2.00 bits per heavy atom. The van der Waals surface area contributed by atoms with Gasteiger partial charge in [0.2, 0.25) is 5.17 Å². The van der Waals surface area contributed by atoms with Gasteiger partial charge in [-0.25, -0.2) is 0 Å². The van der Waals surface area contributed by atoms with E-state index in [1.165, 1.54) is 22.8 Å². The van der Waals surface area contributed by atoms with E-state index in [-0.39, 0.29) is 11.4 Å². The standard InChI is InChI=1S/C21H19ClN4O2S/c1-3-12(4-2)20-25-26-18(23)15(19(27)24-21(26)29-20)11-13-9-10-17(28-13)14-7-5-6-8-16(14)22/h5-12,23H,3-4H2,1-2H3. The molecular weight excluding hydrogens is 408 g/mol. The van der Waals surface area contributed by atoms with Gasteiger partial charge in [0, 0.05) is 11.5 Å². The van der Waals surface area contributed by atoms with Gasteiger partial charge >= 0.3 is 0 Å². The Labute approximate surface area is 177 Å². The lowest BCUT2D eigenvalue weighted by Gasteiger charge is -2.19. The summed E-state index contributed by atoms with van der Waals surface area (Å²) < 4.78 is 5.84. The molecule has 148 valence electrons. The fourth-order valence-corrected chi connectivity index (χ4v) is 4.57. The maximum Gasteiger partial charge on any atom is 0.283 e. The molecule has 0 saturated heterocycles. The highest BCUT2D eigenvalue weighted by atomic mass is 35.5.